The standard InChI is InChI=1S/C20H23N5OS/c1-13(2)16-6-5-7-17(11-16)21-19(26)12-27-20-22-23-24-25(20)18-9-8-14(3)10-15(18)4/h5-11,13H,12H2,1-4H3,(H,21,26). The van der Waals surface area contributed by atoms with E-state index in [1.807, 2.05) is 44.2 Å². The highest BCUT2D eigenvalue weighted by Gasteiger charge is 2.13. The molecule has 0 atom stereocenters. The Morgan fingerprint density at radius 1 is 1.19 bits per heavy atom. The van der Waals surface area contributed by atoms with Crippen molar-refractivity contribution in [1.82, 2.24) is 20.2 Å². The molecule has 0 fully saturated rings. The SMILES string of the molecule is Cc1ccc(-n2nnnc2SCC(=O)Nc2cccc(C(C)C)c2)c(C)c1. The number of amides is 1. The second kappa shape index (κ2) is 8.35. The number of tetrazole rings is 1. The van der Waals surface area contributed by atoms with Crippen LogP contribution >= 0.6 is 11.8 Å². The Bertz CT molecular complexity index is 951. The first-order valence-electron chi connectivity index (χ1n) is 8.82. The lowest BCUT2D eigenvalue weighted by Crippen LogP contribution is -2.15. The van der Waals surface area contributed by atoms with E-state index in [1.165, 1.54) is 22.9 Å². The quantitative estimate of drug-likeness (QED) is 0.650. The molecule has 0 bridgehead atoms. The zero-order valence-electron chi connectivity index (χ0n) is 15.9. The molecule has 0 aliphatic rings. The number of nitrogens with one attached hydrogen (secondary N) is 1. The van der Waals surface area contributed by atoms with Crippen molar-refractivity contribution in [2.45, 2.75) is 38.8 Å². The van der Waals surface area contributed by atoms with E-state index >= 15 is 0 Å². The van der Waals surface area contributed by atoms with Gasteiger partial charge in [-0.3, -0.25) is 4.79 Å². The van der Waals surface area contributed by atoms with Gasteiger partial charge in [0, 0.05) is 5.69 Å². The van der Waals surface area contributed by atoms with Crippen molar-refractivity contribution in [2.75, 3.05) is 11.1 Å². The molecular weight excluding hydrogens is 358 g/mol. The van der Waals surface area contributed by atoms with Crippen LogP contribution in [-0.2, 0) is 4.79 Å². The maximum absolute atomic E-state index is 12.3. The van der Waals surface area contributed by atoms with Crippen LogP contribution in [0.15, 0.2) is 47.6 Å². The molecule has 2 aromatic carbocycles. The molecule has 27 heavy (non-hydrogen) atoms. The summed E-state index contributed by atoms with van der Waals surface area (Å²) >= 11 is 1.31. The number of nitrogens with zero attached hydrogens (tertiary/aromatic N) is 4. The second-order valence-corrected chi connectivity index (χ2v) is 7.72. The van der Waals surface area contributed by atoms with E-state index in [0.29, 0.717) is 11.1 Å². The van der Waals surface area contributed by atoms with Gasteiger partial charge in [-0.1, -0.05) is 55.4 Å². The van der Waals surface area contributed by atoms with Crippen LogP contribution < -0.4 is 5.32 Å². The van der Waals surface area contributed by atoms with Crippen LogP contribution in [0.3, 0.4) is 0 Å². The van der Waals surface area contributed by atoms with Crippen LogP contribution in [0.5, 0.6) is 0 Å². The van der Waals surface area contributed by atoms with E-state index in [-0.39, 0.29) is 11.7 Å². The Morgan fingerprint density at radius 2 is 2.00 bits per heavy atom. The molecule has 1 aromatic heterocycles. The van der Waals surface area contributed by atoms with Gasteiger partial charge >= 0.3 is 0 Å². The second-order valence-electron chi connectivity index (χ2n) is 6.78. The number of hydrogen-bond donors (Lipinski definition) is 1. The van der Waals surface area contributed by atoms with Gasteiger partial charge in [0.2, 0.25) is 11.1 Å². The van der Waals surface area contributed by atoms with Crippen molar-refractivity contribution < 1.29 is 4.79 Å². The van der Waals surface area contributed by atoms with Gasteiger partial charge in [0.1, 0.15) is 0 Å². The highest BCUT2D eigenvalue weighted by molar-refractivity contribution is 7.99. The lowest BCUT2D eigenvalue weighted by atomic mass is 10.0. The monoisotopic (exact) mass is 381 g/mol. The van der Waals surface area contributed by atoms with E-state index in [0.717, 1.165) is 16.9 Å². The third-order valence-electron chi connectivity index (χ3n) is 4.19. The van der Waals surface area contributed by atoms with E-state index in [2.05, 4.69) is 46.8 Å². The summed E-state index contributed by atoms with van der Waals surface area (Å²) in [5.41, 5.74) is 5.18. The molecule has 0 aliphatic carbocycles. The molecule has 1 amide bonds. The number of benzene rings is 2. The Labute approximate surface area is 163 Å². The van der Waals surface area contributed by atoms with Gasteiger partial charge in [-0.15, -0.1) is 5.10 Å². The zero-order chi connectivity index (χ0) is 19.4. The minimum atomic E-state index is -0.0870. The maximum Gasteiger partial charge on any atom is 0.234 e. The molecule has 1 N–H and O–H groups in total. The predicted molar refractivity (Wildman–Crippen MR) is 109 cm³/mol. The molecule has 0 spiro atoms. The summed E-state index contributed by atoms with van der Waals surface area (Å²) in [5, 5.41) is 15.4. The van der Waals surface area contributed by atoms with E-state index < -0.39 is 0 Å². The molecule has 3 rings (SSSR count). The van der Waals surface area contributed by atoms with Gasteiger partial charge < -0.3 is 5.32 Å². The topological polar surface area (TPSA) is 72.7 Å². The van der Waals surface area contributed by atoms with Crippen molar-refractivity contribution in [3.8, 4) is 5.69 Å². The number of rotatable bonds is 6. The summed E-state index contributed by atoms with van der Waals surface area (Å²) in [7, 11) is 0. The van der Waals surface area contributed by atoms with Gasteiger partial charge in [-0.25, -0.2) is 0 Å². The summed E-state index contributed by atoms with van der Waals surface area (Å²) < 4.78 is 1.67. The number of thioether (sulfide) groups is 1. The van der Waals surface area contributed by atoms with Crippen molar-refractivity contribution >= 4 is 23.4 Å². The minimum absolute atomic E-state index is 0.0870. The molecule has 3 aromatic rings. The fourth-order valence-corrected chi connectivity index (χ4v) is 3.45. The van der Waals surface area contributed by atoms with Gasteiger partial charge in [-0.05, 0) is 59.5 Å². The van der Waals surface area contributed by atoms with Crippen molar-refractivity contribution in [1.29, 1.82) is 0 Å². The van der Waals surface area contributed by atoms with Crippen LogP contribution in [0.25, 0.3) is 5.69 Å². The van der Waals surface area contributed by atoms with Crippen molar-refractivity contribution in [2.24, 2.45) is 0 Å². The van der Waals surface area contributed by atoms with Gasteiger partial charge in [-0.2, -0.15) is 4.68 Å². The van der Waals surface area contributed by atoms with E-state index in [4.69, 9.17) is 0 Å². The largest absolute Gasteiger partial charge is 0.325 e. The highest BCUT2D eigenvalue weighted by Crippen LogP contribution is 2.22. The van der Waals surface area contributed by atoms with Crippen LogP contribution in [0.1, 0.15) is 36.5 Å². The average molecular weight is 382 g/mol. The first kappa shape index (κ1) is 19.1. The first-order valence-corrected chi connectivity index (χ1v) is 9.81. The summed E-state index contributed by atoms with van der Waals surface area (Å²) in [5.74, 6) is 0.562. The smallest absolute Gasteiger partial charge is 0.234 e. The number of carbonyl (C=O) groups is 1. The highest BCUT2D eigenvalue weighted by atomic mass is 32.2. The fourth-order valence-electron chi connectivity index (χ4n) is 2.77. The average Bonchev–Trinajstić information content (AvgIpc) is 3.08. The fraction of sp³-hybridized carbons (Fsp3) is 0.300. The third kappa shape index (κ3) is 4.74. The lowest BCUT2D eigenvalue weighted by Gasteiger charge is -2.10. The molecule has 0 radical (unpaired) electrons. The third-order valence-corrected chi connectivity index (χ3v) is 5.11. The summed E-state index contributed by atoms with van der Waals surface area (Å²) in [6, 6.07) is 14.0. The summed E-state index contributed by atoms with van der Waals surface area (Å²) in [6.07, 6.45) is 0. The molecule has 0 unspecified atom stereocenters. The van der Waals surface area contributed by atoms with Crippen LogP contribution in [0, 0.1) is 13.8 Å². The van der Waals surface area contributed by atoms with Gasteiger partial charge in [0.05, 0.1) is 11.4 Å². The van der Waals surface area contributed by atoms with Gasteiger partial charge in [0.25, 0.3) is 0 Å². The zero-order valence-corrected chi connectivity index (χ0v) is 16.7. The molecule has 1 heterocycles. The normalized spacial score (nSPS) is 11.0. The lowest BCUT2D eigenvalue weighted by molar-refractivity contribution is -0.113. The molecule has 0 aliphatic heterocycles. The van der Waals surface area contributed by atoms with Crippen LogP contribution in [-0.4, -0.2) is 31.9 Å². The van der Waals surface area contributed by atoms with Crippen LogP contribution in [0.4, 0.5) is 5.69 Å². The molecular formula is C20H23N5OS. The molecule has 6 nitrogen and oxygen atoms in total. The number of hydrogen-bond acceptors (Lipinski definition) is 5. The van der Waals surface area contributed by atoms with E-state index in [9.17, 15) is 4.79 Å². The van der Waals surface area contributed by atoms with Crippen molar-refractivity contribution in [3.63, 3.8) is 0 Å². The molecule has 0 saturated heterocycles. The Kier molecular flexibility index (Phi) is 5.91. The Morgan fingerprint density at radius 3 is 2.74 bits per heavy atom. The Hall–Kier alpha value is -2.67. The summed E-state index contributed by atoms with van der Waals surface area (Å²) in [6.45, 7) is 8.32. The predicted octanol–water partition coefficient (Wildman–Crippen LogP) is 4.13. The van der Waals surface area contributed by atoms with Crippen LogP contribution in [0.2, 0.25) is 0 Å². The molecule has 140 valence electrons. The number of anilines is 1. The Balaban J connectivity index is 1.67. The number of aromatic nitrogens is 4. The first-order chi connectivity index (χ1) is 12.9. The number of carbonyl (C=O) groups excluding carboxylic acids is 1. The van der Waals surface area contributed by atoms with E-state index in [1.54, 1.807) is 4.68 Å². The molecule has 7 heteroatoms. The maximum atomic E-state index is 12.3. The number of aryl methyl sites for hydroxylation is 2. The molecule has 0 saturated carbocycles. The summed E-state index contributed by atoms with van der Waals surface area (Å²) in [4.78, 5) is 12.3. The van der Waals surface area contributed by atoms with Gasteiger partial charge in [0.15, 0.2) is 0 Å². The minimum Gasteiger partial charge on any atom is -0.325 e. The van der Waals surface area contributed by atoms with Crippen molar-refractivity contribution in [3.05, 3.63) is 59.2 Å².